The van der Waals surface area contributed by atoms with Crippen molar-refractivity contribution in [2.75, 3.05) is 24.5 Å². The third-order valence-corrected chi connectivity index (χ3v) is 3.40. The van der Waals surface area contributed by atoms with Crippen molar-refractivity contribution >= 4 is 34.0 Å². The van der Waals surface area contributed by atoms with Gasteiger partial charge in [0.05, 0.1) is 6.54 Å². The Bertz CT molecular complexity index is 440. The Kier molecular flexibility index (Phi) is 5.19. The maximum Gasteiger partial charge on any atom is 0.239 e. The predicted molar refractivity (Wildman–Crippen MR) is 68.4 cm³/mol. The number of likely N-dealkylation sites (N-methyl/N-ethyl adjacent to an activating group) is 2. The molecule has 17 heavy (non-hydrogen) atoms. The van der Waals surface area contributed by atoms with Gasteiger partial charge in [0, 0.05) is 13.1 Å². The number of amides is 1. The predicted octanol–water partition coefficient (Wildman–Crippen LogP) is 1.63. The molecular weight excluding hydrogens is 260 g/mol. The Labute approximate surface area is 109 Å². The highest BCUT2D eigenvalue weighted by Gasteiger charge is 2.18. The molecule has 0 fully saturated rings. The highest BCUT2D eigenvalue weighted by atomic mass is 35.5. The number of nitriles is 1. The number of hydrogen-bond donors (Lipinski definition) is 1. The molecule has 0 saturated heterocycles. The molecule has 0 bridgehead atoms. The number of anilines is 1. The van der Waals surface area contributed by atoms with E-state index in [1.807, 2.05) is 19.9 Å². The molecule has 1 N–H and O–H groups in total. The fourth-order valence-corrected chi connectivity index (χ4v) is 2.42. The summed E-state index contributed by atoms with van der Waals surface area (Å²) < 4.78 is 3.92. The van der Waals surface area contributed by atoms with Crippen molar-refractivity contribution in [1.82, 2.24) is 9.69 Å². The first-order valence-corrected chi connectivity index (χ1v) is 6.36. The summed E-state index contributed by atoms with van der Waals surface area (Å²) in [5.74, 6) is -0.0808. The van der Waals surface area contributed by atoms with Crippen LogP contribution in [0, 0.1) is 11.3 Å². The lowest BCUT2D eigenvalue weighted by molar-refractivity contribution is -0.119. The number of halogens is 1. The third kappa shape index (κ3) is 3.32. The lowest BCUT2D eigenvalue weighted by Gasteiger charge is -2.20. The Hall–Kier alpha value is -1.32. The van der Waals surface area contributed by atoms with Crippen LogP contribution in [0.2, 0.25) is 5.15 Å². The van der Waals surface area contributed by atoms with Gasteiger partial charge in [0.25, 0.3) is 0 Å². The van der Waals surface area contributed by atoms with Crippen LogP contribution in [0.5, 0.6) is 0 Å². The van der Waals surface area contributed by atoms with Crippen LogP contribution in [0.1, 0.15) is 19.4 Å². The van der Waals surface area contributed by atoms with Gasteiger partial charge in [-0.05, 0) is 25.4 Å². The molecular formula is C10H13ClN4OS. The summed E-state index contributed by atoms with van der Waals surface area (Å²) in [6, 6.07) is 2.01. The molecule has 1 amide bonds. The Morgan fingerprint density at radius 1 is 1.65 bits per heavy atom. The van der Waals surface area contributed by atoms with Gasteiger partial charge in [-0.25, -0.2) is 0 Å². The van der Waals surface area contributed by atoms with E-state index in [0.29, 0.717) is 23.7 Å². The first kappa shape index (κ1) is 13.7. The first-order chi connectivity index (χ1) is 8.13. The Morgan fingerprint density at radius 2 is 2.35 bits per heavy atom. The van der Waals surface area contributed by atoms with Gasteiger partial charge in [0.15, 0.2) is 5.15 Å². The molecule has 0 radical (unpaired) electrons. The molecule has 0 spiro atoms. The summed E-state index contributed by atoms with van der Waals surface area (Å²) in [7, 11) is 0. The van der Waals surface area contributed by atoms with Crippen molar-refractivity contribution in [1.29, 1.82) is 5.26 Å². The zero-order valence-corrected chi connectivity index (χ0v) is 11.2. The molecule has 92 valence electrons. The average Bonchev–Trinajstić information content (AvgIpc) is 2.67. The van der Waals surface area contributed by atoms with Crippen LogP contribution in [0.15, 0.2) is 0 Å². The number of nitrogens with one attached hydrogen (secondary N) is 1. The maximum absolute atomic E-state index is 11.5. The van der Waals surface area contributed by atoms with E-state index in [0.717, 1.165) is 11.5 Å². The van der Waals surface area contributed by atoms with E-state index in [1.54, 1.807) is 4.90 Å². The summed E-state index contributed by atoms with van der Waals surface area (Å²) in [4.78, 5) is 13.3. The Balaban J connectivity index is 2.87. The van der Waals surface area contributed by atoms with E-state index in [2.05, 4.69) is 9.69 Å². The van der Waals surface area contributed by atoms with Crippen LogP contribution in [-0.2, 0) is 4.79 Å². The standard InChI is InChI=1S/C10H13ClN4OS/c1-3-13-8(16)6-15(4-2)10-7(5-12)9(11)14-17-10/h3-4,6H2,1-2H3,(H,13,16). The quantitative estimate of drug-likeness (QED) is 0.885. The van der Waals surface area contributed by atoms with Crippen molar-refractivity contribution in [3.8, 4) is 6.07 Å². The monoisotopic (exact) mass is 272 g/mol. The number of carbonyl (C=O) groups excluding carboxylic acids is 1. The zero-order chi connectivity index (χ0) is 12.8. The SMILES string of the molecule is CCNC(=O)CN(CC)c1snc(Cl)c1C#N. The van der Waals surface area contributed by atoms with E-state index in [1.165, 1.54) is 0 Å². The van der Waals surface area contributed by atoms with Crippen LogP contribution in [-0.4, -0.2) is 29.9 Å². The topological polar surface area (TPSA) is 69.0 Å². The van der Waals surface area contributed by atoms with Gasteiger partial charge in [-0.2, -0.15) is 9.64 Å². The molecule has 5 nitrogen and oxygen atoms in total. The van der Waals surface area contributed by atoms with E-state index in [9.17, 15) is 4.79 Å². The van der Waals surface area contributed by atoms with Crippen LogP contribution in [0.25, 0.3) is 0 Å². The minimum absolute atomic E-state index is 0.0808. The number of rotatable bonds is 5. The molecule has 0 aliphatic heterocycles. The normalized spacial score (nSPS) is 9.76. The van der Waals surface area contributed by atoms with E-state index in [-0.39, 0.29) is 17.6 Å². The van der Waals surface area contributed by atoms with Crippen LogP contribution in [0.4, 0.5) is 5.00 Å². The van der Waals surface area contributed by atoms with Gasteiger partial charge in [-0.15, -0.1) is 0 Å². The third-order valence-electron chi connectivity index (χ3n) is 2.12. The summed E-state index contributed by atoms with van der Waals surface area (Å²) in [6.45, 7) is 5.18. The molecule has 0 aliphatic rings. The highest BCUT2D eigenvalue weighted by molar-refractivity contribution is 7.10. The maximum atomic E-state index is 11.5. The number of carbonyl (C=O) groups is 1. The van der Waals surface area contributed by atoms with Gasteiger partial charge >= 0.3 is 0 Å². The second kappa shape index (κ2) is 6.42. The fourth-order valence-electron chi connectivity index (χ4n) is 1.33. The minimum Gasteiger partial charge on any atom is -0.355 e. The molecule has 7 heteroatoms. The van der Waals surface area contributed by atoms with Gasteiger partial charge in [-0.1, -0.05) is 11.6 Å². The van der Waals surface area contributed by atoms with E-state index >= 15 is 0 Å². The van der Waals surface area contributed by atoms with E-state index < -0.39 is 0 Å². The molecule has 1 aromatic rings. The van der Waals surface area contributed by atoms with Gasteiger partial charge in [0.1, 0.15) is 16.6 Å². The average molecular weight is 273 g/mol. The number of nitrogens with zero attached hydrogens (tertiary/aromatic N) is 3. The molecule has 0 unspecified atom stereocenters. The second-order valence-corrected chi connectivity index (χ2v) is 4.34. The molecule has 0 aliphatic carbocycles. The van der Waals surface area contributed by atoms with Gasteiger partial charge in [-0.3, -0.25) is 4.79 Å². The summed E-state index contributed by atoms with van der Waals surface area (Å²) in [5.41, 5.74) is 0.336. The molecule has 1 aromatic heterocycles. The molecule has 1 rings (SSSR count). The largest absolute Gasteiger partial charge is 0.355 e. The smallest absolute Gasteiger partial charge is 0.239 e. The van der Waals surface area contributed by atoms with Crippen molar-refractivity contribution in [2.45, 2.75) is 13.8 Å². The summed E-state index contributed by atoms with van der Waals surface area (Å²) in [5, 5.41) is 12.5. The summed E-state index contributed by atoms with van der Waals surface area (Å²) in [6.07, 6.45) is 0. The second-order valence-electron chi connectivity index (χ2n) is 3.23. The van der Waals surface area contributed by atoms with Crippen LogP contribution in [0.3, 0.4) is 0 Å². The molecule has 0 atom stereocenters. The summed E-state index contributed by atoms with van der Waals surface area (Å²) >= 11 is 6.93. The van der Waals surface area contributed by atoms with Gasteiger partial charge in [0.2, 0.25) is 5.91 Å². The minimum atomic E-state index is -0.0808. The molecule has 0 aromatic carbocycles. The van der Waals surface area contributed by atoms with Crippen LogP contribution >= 0.6 is 23.1 Å². The lowest BCUT2D eigenvalue weighted by Crippen LogP contribution is -2.37. The number of aromatic nitrogens is 1. The van der Waals surface area contributed by atoms with Crippen LogP contribution < -0.4 is 10.2 Å². The van der Waals surface area contributed by atoms with Crippen molar-refractivity contribution in [3.63, 3.8) is 0 Å². The van der Waals surface area contributed by atoms with E-state index in [4.69, 9.17) is 16.9 Å². The zero-order valence-electron chi connectivity index (χ0n) is 9.66. The van der Waals surface area contributed by atoms with Gasteiger partial charge < -0.3 is 10.2 Å². The Morgan fingerprint density at radius 3 is 2.88 bits per heavy atom. The number of hydrogen-bond acceptors (Lipinski definition) is 5. The first-order valence-electron chi connectivity index (χ1n) is 5.20. The van der Waals surface area contributed by atoms with Crippen molar-refractivity contribution < 1.29 is 4.79 Å². The van der Waals surface area contributed by atoms with Crippen molar-refractivity contribution in [3.05, 3.63) is 10.7 Å². The van der Waals surface area contributed by atoms with Crippen molar-refractivity contribution in [2.24, 2.45) is 0 Å². The lowest BCUT2D eigenvalue weighted by atomic mass is 10.3. The fraction of sp³-hybridized carbons (Fsp3) is 0.500. The molecule has 0 saturated carbocycles. The highest BCUT2D eigenvalue weighted by Crippen LogP contribution is 2.30. The molecule has 1 heterocycles.